The van der Waals surface area contributed by atoms with Crippen LogP contribution in [0.4, 0.5) is 4.79 Å². The van der Waals surface area contributed by atoms with Gasteiger partial charge in [0.25, 0.3) is 5.91 Å². The molecule has 12 heavy (non-hydrogen) atoms. The average Bonchev–Trinajstić information content (AvgIpc) is 2.30. The predicted molar refractivity (Wildman–Crippen MR) is 39.9 cm³/mol. The summed E-state index contributed by atoms with van der Waals surface area (Å²) in [5.74, 6) is -0.482. The van der Waals surface area contributed by atoms with Crippen molar-refractivity contribution in [1.82, 2.24) is 10.6 Å². The zero-order valence-corrected chi connectivity index (χ0v) is 6.63. The number of nitrogens with one attached hydrogen (secondary N) is 2. The van der Waals surface area contributed by atoms with Crippen LogP contribution >= 0.6 is 0 Å². The summed E-state index contributed by atoms with van der Waals surface area (Å²) < 4.78 is 0. The lowest BCUT2D eigenvalue weighted by molar-refractivity contribution is -0.121. The molecule has 0 saturated carbocycles. The van der Waals surface area contributed by atoms with E-state index in [1.54, 1.807) is 6.92 Å². The van der Waals surface area contributed by atoms with E-state index in [1.807, 2.05) is 6.07 Å². The number of carbonyl (C=O) groups is 2. The van der Waals surface area contributed by atoms with Crippen molar-refractivity contribution in [3.63, 3.8) is 0 Å². The topological polar surface area (TPSA) is 82.0 Å². The molecular formula is C7H9N3O2. The highest BCUT2D eigenvalue weighted by Crippen LogP contribution is 2.10. The molecule has 1 fully saturated rings. The van der Waals surface area contributed by atoms with Crippen LogP contribution in [0.3, 0.4) is 0 Å². The van der Waals surface area contributed by atoms with Gasteiger partial charge in [-0.25, -0.2) is 4.79 Å². The molecule has 2 N–H and O–H groups in total. The zero-order valence-electron chi connectivity index (χ0n) is 6.63. The van der Waals surface area contributed by atoms with Gasteiger partial charge < -0.3 is 5.32 Å². The summed E-state index contributed by atoms with van der Waals surface area (Å²) in [6.07, 6.45) is 0.262. The lowest BCUT2D eigenvalue weighted by Gasteiger charge is -2.11. The maximum Gasteiger partial charge on any atom is 0.322 e. The summed E-state index contributed by atoms with van der Waals surface area (Å²) in [7, 11) is 0. The standard InChI is InChI=1S/C7H9N3O2/c1-4(2-3-8)5-6(11)10-7(12)9-5/h4-5H,2H2,1H3,(H2,9,10,11,12)/t4-,5?/m0/s1. The highest BCUT2D eigenvalue weighted by atomic mass is 16.2. The highest BCUT2D eigenvalue weighted by molar-refractivity contribution is 6.04. The van der Waals surface area contributed by atoms with Crippen LogP contribution in [0.25, 0.3) is 0 Å². The maximum atomic E-state index is 11.0. The Labute approximate surface area is 69.7 Å². The number of urea groups is 1. The molecule has 0 bridgehead atoms. The number of nitriles is 1. The molecule has 1 aliphatic heterocycles. The van der Waals surface area contributed by atoms with Gasteiger partial charge in [0.05, 0.1) is 6.07 Å². The van der Waals surface area contributed by atoms with Gasteiger partial charge in [0, 0.05) is 6.42 Å². The van der Waals surface area contributed by atoms with Gasteiger partial charge in [-0.2, -0.15) is 5.26 Å². The van der Waals surface area contributed by atoms with Gasteiger partial charge in [-0.3, -0.25) is 10.1 Å². The second kappa shape index (κ2) is 3.22. The number of hydrogen-bond donors (Lipinski definition) is 2. The Morgan fingerprint density at radius 1 is 1.67 bits per heavy atom. The molecule has 1 saturated heterocycles. The molecule has 1 rings (SSSR count). The van der Waals surface area contributed by atoms with Gasteiger partial charge in [-0.15, -0.1) is 0 Å². The van der Waals surface area contributed by atoms with Crippen molar-refractivity contribution in [2.75, 3.05) is 0 Å². The summed E-state index contributed by atoms with van der Waals surface area (Å²) in [5.41, 5.74) is 0. The van der Waals surface area contributed by atoms with E-state index in [-0.39, 0.29) is 18.2 Å². The third-order valence-electron chi connectivity index (χ3n) is 1.79. The molecule has 5 heteroatoms. The summed E-state index contributed by atoms with van der Waals surface area (Å²) >= 11 is 0. The van der Waals surface area contributed by atoms with Crippen molar-refractivity contribution < 1.29 is 9.59 Å². The van der Waals surface area contributed by atoms with Crippen molar-refractivity contribution in [1.29, 1.82) is 5.26 Å². The highest BCUT2D eigenvalue weighted by Gasteiger charge is 2.33. The van der Waals surface area contributed by atoms with Gasteiger partial charge in [-0.1, -0.05) is 6.92 Å². The molecule has 0 aliphatic carbocycles. The van der Waals surface area contributed by atoms with E-state index in [2.05, 4.69) is 10.6 Å². The first-order chi connectivity index (χ1) is 5.65. The average molecular weight is 167 g/mol. The minimum Gasteiger partial charge on any atom is -0.326 e. The molecule has 1 heterocycles. The van der Waals surface area contributed by atoms with Crippen LogP contribution in [0.2, 0.25) is 0 Å². The van der Waals surface area contributed by atoms with E-state index in [0.717, 1.165) is 0 Å². The van der Waals surface area contributed by atoms with Gasteiger partial charge in [0.1, 0.15) is 6.04 Å². The quantitative estimate of drug-likeness (QED) is 0.556. The lowest BCUT2D eigenvalue weighted by Crippen LogP contribution is -2.35. The third kappa shape index (κ3) is 1.53. The molecule has 3 amide bonds. The fourth-order valence-corrected chi connectivity index (χ4v) is 1.10. The second-order valence-corrected chi connectivity index (χ2v) is 2.78. The molecule has 0 aromatic rings. The van der Waals surface area contributed by atoms with Crippen molar-refractivity contribution in [2.45, 2.75) is 19.4 Å². The molecule has 0 spiro atoms. The Morgan fingerprint density at radius 3 is 2.75 bits per heavy atom. The van der Waals surface area contributed by atoms with Crippen LogP contribution in [0.15, 0.2) is 0 Å². The first-order valence-electron chi connectivity index (χ1n) is 3.63. The minimum atomic E-state index is -0.544. The molecule has 64 valence electrons. The van der Waals surface area contributed by atoms with Crippen molar-refractivity contribution in [2.24, 2.45) is 5.92 Å². The number of nitrogens with zero attached hydrogens (tertiary/aromatic N) is 1. The minimum absolute atomic E-state index is 0.138. The van der Waals surface area contributed by atoms with Gasteiger partial charge in [0.15, 0.2) is 0 Å². The SMILES string of the molecule is C[C@@H](CC#N)C1NC(=O)NC1=O. The lowest BCUT2D eigenvalue weighted by atomic mass is 9.99. The Bertz CT molecular complexity index is 256. The van der Waals surface area contributed by atoms with Crippen molar-refractivity contribution in [3.8, 4) is 6.07 Å². The first kappa shape index (κ1) is 8.53. The molecule has 5 nitrogen and oxygen atoms in total. The number of hydrogen-bond acceptors (Lipinski definition) is 3. The van der Waals surface area contributed by atoms with Crippen LogP contribution < -0.4 is 10.6 Å². The maximum absolute atomic E-state index is 11.0. The van der Waals surface area contributed by atoms with E-state index in [4.69, 9.17) is 5.26 Å². The summed E-state index contributed by atoms with van der Waals surface area (Å²) in [4.78, 5) is 21.6. The molecule has 0 aromatic heterocycles. The normalized spacial score (nSPS) is 24.2. The molecule has 0 radical (unpaired) electrons. The molecular weight excluding hydrogens is 158 g/mol. The summed E-state index contributed by atoms with van der Waals surface area (Å²) in [6, 6.07) is 0.927. The summed E-state index contributed by atoms with van der Waals surface area (Å²) in [5, 5.41) is 12.9. The largest absolute Gasteiger partial charge is 0.326 e. The number of rotatable bonds is 2. The Morgan fingerprint density at radius 2 is 2.33 bits per heavy atom. The third-order valence-corrected chi connectivity index (χ3v) is 1.79. The van der Waals surface area contributed by atoms with E-state index >= 15 is 0 Å². The second-order valence-electron chi connectivity index (χ2n) is 2.78. The molecule has 1 unspecified atom stereocenters. The molecule has 0 aromatic carbocycles. The Hall–Kier alpha value is -1.57. The van der Waals surface area contributed by atoms with Crippen LogP contribution in [0.1, 0.15) is 13.3 Å². The van der Waals surface area contributed by atoms with E-state index in [1.165, 1.54) is 0 Å². The fourth-order valence-electron chi connectivity index (χ4n) is 1.10. The van der Waals surface area contributed by atoms with Crippen LogP contribution in [0, 0.1) is 17.2 Å². The van der Waals surface area contributed by atoms with Crippen molar-refractivity contribution in [3.05, 3.63) is 0 Å². The van der Waals surface area contributed by atoms with E-state index < -0.39 is 12.1 Å². The zero-order chi connectivity index (χ0) is 9.14. The van der Waals surface area contributed by atoms with E-state index in [9.17, 15) is 9.59 Å². The number of imide groups is 1. The predicted octanol–water partition coefficient (Wildman–Crippen LogP) is -0.256. The number of carbonyl (C=O) groups excluding carboxylic acids is 2. The van der Waals surface area contributed by atoms with Crippen LogP contribution in [0.5, 0.6) is 0 Å². The molecule has 1 aliphatic rings. The number of amides is 3. The van der Waals surface area contributed by atoms with Gasteiger partial charge >= 0.3 is 6.03 Å². The van der Waals surface area contributed by atoms with Gasteiger partial charge in [-0.05, 0) is 5.92 Å². The van der Waals surface area contributed by atoms with Crippen LogP contribution in [-0.2, 0) is 4.79 Å². The molecule has 2 atom stereocenters. The van der Waals surface area contributed by atoms with Gasteiger partial charge in [0.2, 0.25) is 0 Å². The van der Waals surface area contributed by atoms with E-state index in [0.29, 0.717) is 0 Å². The monoisotopic (exact) mass is 167 g/mol. The smallest absolute Gasteiger partial charge is 0.322 e. The first-order valence-corrected chi connectivity index (χ1v) is 3.63. The van der Waals surface area contributed by atoms with Crippen LogP contribution in [-0.4, -0.2) is 18.0 Å². The van der Waals surface area contributed by atoms with Crippen molar-refractivity contribution >= 4 is 11.9 Å². The summed E-state index contributed by atoms with van der Waals surface area (Å²) in [6.45, 7) is 1.75. The Kier molecular flexibility index (Phi) is 2.29. The fraction of sp³-hybridized carbons (Fsp3) is 0.571. The Balaban J connectivity index is 2.59.